The SMILES string of the molecule is CCCNC(=O)C(CC)N(Cc1cccc(C)c1)C(=O)CN(c1cc(Cl)cc(Cl)c1)S(=O)(=O)c1ccc(C)cc1. The van der Waals surface area contributed by atoms with Crippen LogP contribution in [0.15, 0.2) is 71.6 Å². The van der Waals surface area contributed by atoms with Gasteiger partial charge in [-0.05, 0) is 62.6 Å². The number of aryl methyl sites for hydroxylation is 2. The van der Waals surface area contributed by atoms with Crippen LogP contribution < -0.4 is 9.62 Å². The monoisotopic (exact) mass is 603 g/mol. The molecule has 0 aliphatic heterocycles. The predicted octanol–water partition coefficient (Wildman–Crippen LogP) is 6.14. The van der Waals surface area contributed by atoms with Crippen LogP contribution in [0, 0.1) is 13.8 Å². The zero-order chi connectivity index (χ0) is 29.4. The highest BCUT2D eigenvalue weighted by atomic mass is 35.5. The zero-order valence-corrected chi connectivity index (χ0v) is 25.5. The molecule has 1 atom stereocenters. The maximum atomic E-state index is 14.1. The maximum Gasteiger partial charge on any atom is 0.264 e. The normalized spacial score (nSPS) is 12.1. The Morgan fingerprint density at radius 3 is 2.12 bits per heavy atom. The smallest absolute Gasteiger partial charge is 0.264 e. The Kier molecular flexibility index (Phi) is 11.0. The molecule has 1 N–H and O–H groups in total. The third kappa shape index (κ3) is 7.99. The third-order valence-corrected chi connectivity index (χ3v) is 8.62. The predicted molar refractivity (Wildman–Crippen MR) is 161 cm³/mol. The molecule has 7 nitrogen and oxygen atoms in total. The second-order valence-corrected chi connectivity index (χ2v) is 12.4. The molecule has 10 heteroatoms. The highest BCUT2D eigenvalue weighted by Crippen LogP contribution is 2.30. The van der Waals surface area contributed by atoms with Crippen LogP contribution in [0.2, 0.25) is 10.0 Å². The quantitative estimate of drug-likeness (QED) is 0.269. The number of carbonyl (C=O) groups is 2. The molecule has 0 spiro atoms. The van der Waals surface area contributed by atoms with E-state index in [4.69, 9.17) is 23.2 Å². The first kappa shape index (κ1) is 31.5. The van der Waals surface area contributed by atoms with E-state index in [-0.39, 0.29) is 33.1 Å². The van der Waals surface area contributed by atoms with E-state index in [2.05, 4.69) is 5.32 Å². The fourth-order valence-electron chi connectivity index (χ4n) is 4.34. The van der Waals surface area contributed by atoms with Crippen molar-refractivity contribution in [3.63, 3.8) is 0 Å². The van der Waals surface area contributed by atoms with Crippen molar-refractivity contribution in [2.24, 2.45) is 0 Å². The highest BCUT2D eigenvalue weighted by molar-refractivity contribution is 7.92. The van der Waals surface area contributed by atoms with Gasteiger partial charge in [0.25, 0.3) is 10.0 Å². The summed E-state index contributed by atoms with van der Waals surface area (Å²) >= 11 is 12.5. The van der Waals surface area contributed by atoms with Gasteiger partial charge in [-0.3, -0.25) is 13.9 Å². The molecule has 0 aliphatic rings. The van der Waals surface area contributed by atoms with Crippen LogP contribution in [-0.2, 0) is 26.2 Å². The van der Waals surface area contributed by atoms with Crippen molar-refractivity contribution in [3.8, 4) is 0 Å². The molecule has 0 fully saturated rings. The topological polar surface area (TPSA) is 86.8 Å². The lowest BCUT2D eigenvalue weighted by Crippen LogP contribution is -2.52. The van der Waals surface area contributed by atoms with Crippen molar-refractivity contribution < 1.29 is 18.0 Å². The van der Waals surface area contributed by atoms with Gasteiger partial charge in [0.2, 0.25) is 11.8 Å². The van der Waals surface area contributed by atoms with Crippen LogP contribution in [0.4, 0.5) is 5.69 Å². The number of amides is 2. The summed E-state index contributed by atoms with van der Waals surface area (Å²) in [5.41, 5.74) is 2.87. The molecule has 3 aromatic carbocycles. The Bertz CT molecular complexity index is 1430. The first-order chi connectivity index (χ1) is 19.0. The molecule has 0 bridgehead atoms. The van der Waals surface area contributed by atoms with Crippen molar-refractivity contribution >= 4 is 50.7 Å². The Morgan fingerprint density at radius 1 is 0.900 bits per heavy atom. The minimum atomic E-state index is -4.21. The minimum absolute atomic E-state index is 0.0139. The second-order valence-electron chi connectivity index (χ2n) is 9.68. The number of carbonyl (C=O) groups excluding carboxylic acids is 2. The van der Waals surface area contributed by atoms with Gasteiger partial charge in [-0.25, -0.2) is 8.42 Å². The summed E-state index contributed by atoms with van der Waals surface area (Å²) in [4.78, 5) is 28.7. The highest BCUT2D eigenvalue weighted by Gasteiger charge is 2.33. The molecule has 0 aromatic heterocycles. The number of anilines is 1. The summed E-state index contributed by atoms with van der Waals surface area (Å²) in [5.74, 6) is -0.823. The van der Waals surface area contributed by atoms with Gasteiger partial charge in [0.15, 0.2) is 0 Å². The molecule has 0 aliphatic carbocycles. The first-order valence-corrected chi connectivity index (χ1v) is 15.3. The molecular formula is C30H35Cl2N3O4S. The first-order valence-electron chi connectivity index (χ1n) is 13.1. The number of hydrogen-bond donors (Lipinski definition) is 1. The van der Waals surface area contributed by atoms with E-state index in [1.807, 2.05) is 52.0 Å². The molecule has 0 heterocycles. The lowest BCUT2D eigenvalue weighted by molar-refractivity contribution is -0.140. The van der Waals surface area contributed by atoms with Crippen molar-refractivity contribution in [2.75, 3.05) is 17.4 Å². The van der Waals surface area contributed by atoms with Gasteiger partial charge in [0, 0.05) is 23.1 Å². The van der Waals surface area contributed by atoms with E-state index >= 15 is 0 Å². The van der Waals surface area contributed by atoms with E-state index in [1.54, 1.807) is 12.1 Å². The van der Waals surface area contributed by atoms with E-state index in [9.17, 15) is 18.0 Å². The number of sulfonamides is 1. The zero-order valence-electron chi connectivity index (χ0n) is 23.2. The summed E-state index contributed by atoms with van der Waals surface area (Å²) in [5, 5.41) is 3.32. The number of nitrogens with zero attached hydrogens (tertiary/aromatic N) is 2. The van der Waals surface area contributed by atoms with Gasteiger partial charge in [-0.15, -0.1) is 0 Å². The Labute approximate surface area is 247 Å². The van der Waals surface area contributed by atoms with Crippen LogP contribution in [0.1, 0.15) is 43.4 Å². The second kappa shape index (κ2) is 14.0. The van der Waals surface area contributed by atoms with Gasteiger partial charge in [0.1, 0.15) is 12.6 Å². The van der Waals surface area contributed by atoms with Crippen LogP contribution >= 0.6 is 23.2 Å². The van der Waals surface area contributed by atoms with Crippen molar-refractivity contribution in [2.45, 2.75) is 58.0 Å². The van der Waals surface area contributed by atoms with Gasteiger partial charge < -0.3 is 10.2 Å². The minimum Gasteiger partial charge on any atom is -0.354 e. The molecular weight excluding hydrogens is 569 g/mol. The molecule has 214 valence electrons. The molecule has 1 unspecified atom stereocenters. The molecule has 40 heavy (non-hydrogen) atoms. The van der Waals surface area contributed by atoms with Crippen LogP contribution in [0.25, 0.3) is 0 Å². The average Bonchev–Trinajstić information content (AvgIpc) is 2.89. The van der Waals surface area contributed by atoms with Gasteiger partial charge in [-0.2, -0.15) is 0 Å². The number of rotatable bonds is 12. The Hall–Kier alpha value is -3.07. The summed E-state index contributed by atoms with van der Waals surface area (Å²) in [7, 11) is -4.21. The lowest BCUT2D eigenvalue weighted by Gasteiger charge is -2.33. The van der Waals surface area contributed by atoms with E-state index < -0.39 is 28.5 Å². The maximum absolute atomic E-state index is 14.1. The summed E-state index contributed by atoms with van der Waals surface area (Å²) < 4.78 is 28.9. The summed E-state index contributed by atoms with van der Waals surface area (Å²) in [6.45, 7) is 7.61. The summed E-state index contributed by atoms with van der Waals surface area (Å²) in [6, 6.07) is 17.6. The van der Waals surface area contributed by atoms with Crippen LogP contribution in [0.5, 0.6) is 0 Å². The molecule has 0 saturated heterocycles. The number of hydrogen-bond acceptors (Lipinski definition) is 4. The molecule has 0 saturated carbocycles. The fourth-order valence-corrected chi connectivity index (χ4v) is 6.25. The Balaban J connectivity index is 2.09. The van der Waals surface area contributed by atoms with Crippen LogP contribution in [0.3, 0.4) is 0 Å². The van der Waals surface area contributed by atoms with Crippen molar-refractivity contribution in [3.05, 3.63) is 93.5 Å². The van der Waals surface area contributed by atoms with Crippen molar-refractivity contribution in [1.82, 2.24) is 10.2 Å². The van der Waals surface area contributed by atoms with Gasteiger partial charge in [-0.1, -0.05) is 84.6 Å². The molecule has 3 rings (SSSR count). The average molecular weight is 605 g/mol. The number of benzene rings is 3. The number of nitrogens with one attached hydrogen (secondary N) is 1. The van der Waals surface area contributed by atoms with Gasteiger partial charge in [0.05, 0.1) is 10.6 Å². The third-order valence-electron chi connectivity index (χ3n) is 6.39. The summed E-state index contributed by atoms with van der Waals surface area (Å²) in [6.07, 6.45) is 1.09. The largest absolute Gasteiger partial charge is 0.354 e. The van der Waals surface area contributed by atoms with Crippen LogP contribution in [-0.4, -0.2) is 44.3 Å². The van der Waals surface area contributed by atoms with Gasteiger partial charge >= 0.3 is 0 Å². The van der Waals surface area contributed by atoms with E-state index in [0.717, 1.165) is 27.4 Å². The Morgan fingerprint density at radius 2 is 1.55 bits per heavy atom. The van der Waals surface area contributed by atoms with E-state index in [1.165, 1.54) is 35.2 Å². The number of halogens is 2. The molecule has 3 aromatic rings. The molecule has 0 radical (unpaired) electrons. The van der Waals surface area contributed by atoms with E-state index in [0.29, 0.717) is 13.0 Å². The van der Waals surface area contributed by atoms with Crippen molar-refractivity contribution in [1.29, 1.82) is 0 Å². The molecule has 2 amide bonds. The lowest BCUT2D eigenvalue weighted by atomic mass is 10.1. The standard InChI is InChI=1S/C30H35Cl2N3O4S/c1-5-14-33-30(37)28(6-2)34(19-23-9-7-8-22(4)15-23)29(36)20-35(26-17-24(31)16-25(32)18-26)40(38,39)27-12-10-21(3)11-13-27/h7-13,15-18,28H,5-6,14,19-20H2,1-4H3,(H,33,37). The fraction of sp³-hybridized carbons (Fsp3) is 0.333.